The first-order valence-corrected chi connectivity index (χ1v) is 14.9. The van der Waals surface area contributed by atoms with Crippen LogP contribution in [0.2, 0.25) is 0 Å². The van der Waals surface area contributed by atoms with E-state index >= 15 is 0 Å². The van der Waals surface area contributed by atoms with Gasteiger partial charge in [0.15, 0.2) is 6.10 Å². The van der Waals surface area contributed by atoms with Gasteiger partial charge in [0.25, 0.3) is 0 Å². The van der Waals surface area contributed by atoms with Crippen molar-refractivity contribution >= 4 is 13.8 Å². The Morgan fingerprint density at radius 2 is 1.43 bits per heavy atom. The van der Waals surface area contributed by atoms with Crippen LogP contribution in [0.5, 0.6) is 0 Å². The Morgan fingerprint density at radius 3 is 1.94 bits per heavy atom. The van der Waals surface area contributed by atoms with Gasteiger partial charge >= 0.3 is 13.8 Å². The van der Waals surface area contributed by atoms with Gasteiger partial charge in [-0.05, 0) is 18.9 Å². The number of nitrogens with zero attached hydrogens (tertiary/aromatic N) is 1. The summed E-state index contributed by atoms with van der Waals surface area (Å²) < 4.78 is 33.1. The molecule has 0 aliphatic rings. The monoisotopic (exact) mass is 522 g/mol. The molecule has 0 heterocycles. The number of hydrogen-bond acceptors (Lipinski definition) is 6. The molecular weight excluding hydrogens is 469 g/mol. The van der Waals surface area contributed by atoms with Crippen molar-refractivity contribution in [2.75, 3.05) is 47.5 Å². The molecule has 0 amide bonds. The van der Waals surface area contributed by atoms with Crippen LogP contribution < -0.4 is 0 Å². The fraction of sp³-hybridized carbons (Fsp3) is 0.885. The van der Waals surface area contributed by atoms with Crippen molar-refractivity contribution in [3.63, 3.8) is 0 Å². The molecule has 0 aliphatic heterocycles. The van der Waals surface area contributed by atoms with E-state index in [2.05, 4.69) is 6.92 Å². The fourth-order valence-corrected chi connectivity index (χ4v) is 4.14. The second-order valence-electron chi connectivity index (χ2n) is 10.2. The Hall–Kier alpha value is -0.920. The number of phosphoric acid groups is 1. The van der Waals surface area contributed by atoms with E-state index in [4.69, 9.17) is 18.5 Å². The lowest BCUT2D eigenvalue weighted by Crippen LogP contribution is -2.37. The van der Waals surface area contributed by atoms with Crippen molar-refractivity contribution in [3.05, 3.63) is 12.3 Å². The summed E-state index contributed by atoms with van der Waals surface area (Å²) >= 11 is 0. The quantitative estimate of drug-likeness (QED) is 0.0517. The molecule has 0 aromatic rings. The highest BCUT2D eigenvalue weighted by atomic mass is 31.2. The zero-order chi connectivity index (χ0) is 26.4. The Bertz CT molecular complexity index is 593. The number of carbonyl (C=O) groups excluding carboxylic acids is 1. The van der Waals surface area contributed by atoms with E-state index in [0.717, 1.165) is 12.8 Å². The van der Waals surface area contributed by atoms with Crippen LogP contribution in [0.15, 0.2) is 12.3 Å². The molecule has 0 saturated carbocycles. The molecule has 9 heteroatoms. The normalized spacial score (nSPS) is 14.7. The highest BCUT2D eigenvalue weighted by molar-refractivity contribution is 7.47. The molecule has 0 spiro atoms. The number of allylic oxidation sites excluding steroid dienone is 1. The molecule has 208 valence electrons. The zero-order valence-corrected chi connectivity index (χ0v) is 23.9. The van der Waals surface area contributed by atoms with Crippen molar-refractivity contribution in [1.82, 2.24) is 0 Å². The number of likely N-dealkylation sites (N-methyl/N-ethyl adjacent to an activating group) is 1. The first kappa shape index (κ1) is 34.1. The first-order chi connectivity index (χ1) is 16.6. The molecule has 1 N–H and O–H groups in total. The van der Waals surface area contributed by atoms with Crippen LogP contribution in [0.4, 0.5) is 0 Å². The van der Waals surface area contributed by atoms with Gasteiger partial charge in [-0.1, -0.05) is 77.6 Å². The number of ether oxygens (including phenoxy) is 2. The molecule has 1 unspecified atom stereocenters. The van der Waals surface area contributed by atoms with Crippen LogP contribution in [-0.4, -0.2) is 69.0 Å². The lowest BCUT2D eigenvalue weighted by atomic mass is 10.0. The number of quaternary nitrogens is 1. The van der Waals surface area contributed by atoms with Crippen LogP contribution in [0.1, 0.15) is 97.3 Å². The second kappa shape index (κ2) is 21.2. The van der Waals surface area contributed by atoms with E-state index in [1.54, 1.807) is 6.26 Å². The molecule has 0 rings (SSSR count). The summed E-state index contributed by atoms with van der Waals surface area (Å²) in [6.07, 6.45) is 19.5. The number of carbonyl (C=O) groups is 1. The van der Waals surface area contributed by atoms with Gasteiger partial charge < -0.3 is 18.9 Å². The van der Waals surface area contributed by atoms with Gasteiger partial charge in [-0.25, -0.2) is 4.57 Å². The van der Waals surface area contributed by atoms with E-state index in [9.17, 15) is 14.3 Å². The second-order valence-corrected chi connectivity index (χ2v) is 11.7. The minimum atomic E-state index is -4.23. The molecule has 0 bridgehead atoms. The molecule has 2 atom stereocenters. The van der Waals surface area contributed by atoms with Gasteiger partial charge in [0.1, 0.15) is 19.8 Å². The Balaban J connectivity index is 3.89. The highest BCUT2D eigenvalue weighted by Crippen LogP contribution is 2.43. The van der Waals surface area contributed by atoms with E-state index in [-0.39, 0.29) is 19.8 Å². The van der Waals surface area contributed by atoms with Gasteiger partial charge in [0.2, 0.25) is 0 Å². The Kier molecular flexibility index (Phi) is 20.6. The van der Waals surface area contributed by atoms with E-state index in [1.807, 2.05) is 27.2 Å². The molecular formula is C26H53NO7P+. The zero-order valence-electron chi connectivity index (χ0n) is 23.0. The maximum Gasteiger partial charge on any atom is 0.472 e. The topological polar surface area (TPSA) is 91.3 Å². The number of phosphoric ester groups is 1. The number of unbranched alkanes of at least 4 members (excludes halogenated alkanes) is 12. The van der Waals surface area contributed by atoms with Crippen LogP contribution in [0.25, 0.3) is 0 Å². The van der Waals surface area contributed by atoms with Crippen LogP contribution in [0.3, 0.4) is 0 Å². The summed E-state index contributed by atoms with van der Waals surface area (Å²) in [5, 5.41) is 0. The fourth-order valence-electron chi connectivity index (χ4n) is 3.40. The summed E-state index contributed by atoms with van der Waals surface area (Å²) in [7, 11) is 1.62. The SMILES string of the molecule is CCCCCCCCCCCCCC/C=C/OC[C@@H](COP(=O)(O)OCC[N+](C)(C)C)OC(C)=O. The third-order valence-electron chi connectivity index (χ3n) is 5.47. The molecule has 0 saturated heterocycles. The first-order valence-electron chi connectivity index (χ1n) is 13.4. The van der Waals surface area contributed by atoms with Crippen LogP contribution in [0, 0.1) is 0 Å². The average Bonchev–Trinajstić information content (AvgIpc) is 2.75. The van der Waals surface area contributed by atoms with Crippen molar-refractivity contribution < 1.29 is 37.3 Å². The maximum atomic E-state index is 12.0. The predicted molar refractivity (Wildman–Crippen MR) is 141 cm³/mol. The lowest BCUT2D eigenvalue weighted by Gasteiger charge is -2.24. The number of hydrogen-bond donors (Lipinski definition) is 1. The van der Waals surface area contributed by atoms with E-state index in [1.165, 1.54) is 77.6 Å². The van der Waals surface area contributed by atoms with Gasteiger partial charge in [-0.2, -0.15) is 0 Å². The third-order valence-corrected chi connectivity index (χ3v) is 6.46. The number of esters is 1. The van der Waals surface area contributed by atoms with E-state index in [0.29, 0.717) is 11.0 Å². The standard InChI is InChI=1S/C26H52NO7P/c1-6-7-8-9-10-11-12-13-14-15-16-17-18-19-21-31-23-26(34-25(2)28)24-33-35(29,30)32-22-20-27(3,4)5/h19,21,26H,6-18,20,22-24H2,1-5H3/p+1/b21-19+/t26-/m0/s1. The van der Waals surface area contributed by atoms with Crippen molar-refractivity contribution in [3.8, 4) is 0 Å². The minimum absolute atomic E-state index is 0.0351. The summed E-state index contributed by atoms with van der Waals surface area (Å²) in [6, 6.07) is 0. The maximum absolute atomic E-state index is 12.0. The minimum Gasteiger partial charge on any atom is -0.498 e. The molecule has 35 heavy (non-hydrogen) atoms. The molecule has 0 fully saturated rings. The van der Waals surface area contributed by atoms with Crippen LogP contribution in [-0.2, 0) is 27.9 Å². The largest absolute Gasteiger partial charge is 0.498 e. The highest BCUT2D eigenvalue weighted by Gasteiger charge is 2.25. The van der Waals surface area contributed by atoms with Crippen molar-refractivity contribution in [2.24, 2.45) is 0 Å². The predicted octanol–water partition coefficient (Wildman–Crippen LogP) is 6.38. The summed E-state index contributed by atoms with van der Waals surface area (Å²) in [4.78, 5) is 21.1. The smallest absolute Gasteiger partial charge is 0.472 e. The summed E-state index contributed by atoms with van der Waals surface area (Å²) in [6.45, 7) is 3.90. The molecule has 0 aromatic heterocycles. The summed E-state index contributed by atoms with van der Waals surface area (Å²) in [5.74, 6) is -0.513. The van der Waals surface area contributed by atoms with E-state index < -0.39 is 19.9 Å². The van der Waals surface area contributed by atoms with Gasteiger partial charge in [-0.3, -0.25) is 13.8 Å². The van der Waals surface area contributed by atoms with Crippen LogP contribution >= 0.6 is 7.82 Å². The lowest BCUT2D eigenvalue weighted by molar-refractivity contribution is -0.870. The average molecular weight is 523 g/mol. The molecule has 8 nitrogen and oxygen atoms in total. The van der Waals surface area contributed by atoms with Gasteiger partial charge in [0, 0.05) is 6.92 Å². The van der Waals surface area contributed by atoms with Crippen molar-refractivity contribution in [2.45, 2.75) is 103 Å². The van der Waals surface area contributed by atoms with Gasteiger partial charge in [0.05, 0.1) is 34.0 Å². The molecule has 0 aromatic carbocycles. The Labute approximate surface area is 214 Å². The van der Waals surface area contributed by atoms with Gasteiger partial charge in [-0.15, -0.1) is 0 Å². The molecule has 0 radical (unpaired) electrons. The third kappa shape index (κ3) is 26.0. The Morgan fingerprint density at radius 1 is 0.886 bits per heavy atom. The van der Waals surface area contributed by atoms with Crippen molar-refractivity contribution in [1.29, 1.82) is 0 Å². The molecule has 0 aliphatic carbocycles. The summed E-state index contributed by atoms with van der Waals surface area (Å²) in [5.41, 5.74) is 0. The number of rotatable bonds is 24.